The van der Waals surface area contributed by atoms with Gasteiger partial charge in [0.25, 0.3) is 0 Å². The van der Waals surface area contributed by atoms with Gasteiger partial charge < -0.3 is 5.32 Å². The summed E-state index contributed by atoms with van der Waals surface area (Å²) in [4.78, 5) is 12.2. The third-order valence-corrected chi connectivity index (χ3v) is 3.80. The second-order valence-electron chi connectivity index (χ2n) is 4.46. The second-order valence-corrected chi connectivity index (χ2v) is 5.38. The molecule has 1 atom stereocenters. The van der Waals surface area contributed by atoms with Crippen molar-refractivity contribution in [2.24, 2.45) is 5.41 Å². The summed E-state index contributed by atoms with van der Waals surface area (Å²) in [6.45, 7) is -0.428. The first-order chi connectivity index (χ1) is 8.78. The fourth-order valence-corrected chi connectivity index (χ4v) is 2.55. The maximum absolute atomic E-state index is 13.6. The zero-order chi connectivity index (χ0) is 14.3. The zero-order valence-corrected chi connectivity index (χ0v) is 11.2. The maximum Gasteiger partial charge on any atom is 0.402 e. The van der Waals surface area contributed by atoms with Crippen LogP contribution in [0.25, 0.3) is 0 Å². The molecule has 2 rings (SSSR count). The number of ketones is 1. The third-order valence-electron chi connectivity index (χ3n) is 3.31. The van der Waals surface area contributed by atoms with Gasteiger partial charge in [0.1, 0.15) is 11.2 Å². The summed E-state index contributed by atoms with van der Waals surface area (Å²) in [6, 6.07) is 3.40. The Morgan fingerprint density at radius 2 is 2.05 bits per heavy atom. The van der Waals surface area contributed by atoms with Crippen molar-refractivity contribution >= 4 is 21.7 Å². The van der Waals surface area contributed by atoms with Gasteiger partial charge in [0.2, 0.25) is 0 Å². The van der Waals surface area contributed by atoms with E-state index in [9.17, 15) is 22.4 Å². The highest BCUT2D eigenvalue weighted by Gasteiger charge is 2.61. The summed E-state index contributed by atoms with van der Waals surface area (Å²) >= 11 is 3.03. The Bertz CT molecular complexity index is 509. The van der Waals surface area contributed by atoms with Crippen LogP contribution < -0.4 is 5.32 Å². The Kier molecular flexibility index (Phi) is 3.70. The van der Waals surface area contributed by atoms with E-state index >= 15 is 0 Å². The molecule has 0 bridgehead atoms. The molecular weight excluding hydrogens is 330 g/mol. The summed E-state index contributed by atoms with van der Waals surface area (Å²) in [5.41, 5.74) is -3.07. The third kappa shape index (κ3) is 2.41. The molecule has 1 heterocycles. The Hall–Kier alpha value is -0.950. The summed E-state index contributed by atoms with van der Waals surface area (Å²) in [5, 5.41) is 2.53. The number of carbonyl (C=O) groups excluding carboxylic acids is 1. The molecule has 1 aliphatic rings. The molecular formula is C12H10BrF4NO. The van der Waals surface area contributed by atoms with E-state index in [2.05, 4.69) is 21.2 Å². The van der Waals surface area contributed by atoms with E-state index in [-0.39, 0.29) is 13.0 Å². The summed E-state index contributed by atoms with van der Waals surface area (Å²) in [7, 11) is 0. The van der Waals surface area contributed by atoms with E-state index in [0.717, 1.165) is 12.1 Å². The molecule has 0 aromatic heterocycles. The lowest BCUT2D eigenvalue weighted by molar-refractivity contribution is -0.197. The normalized spacial score (nSPS) is 23.6. The highest BCUT2D eigenvalue weighted by molar-refractivity contribution is 9.10. The maximum atomic E-state index is 13.6. The first-order valence-electron chi connectivity index (χ1n) is 5.55. The van der Waals surface area contributed by atoms with Crippen LogP contribution in [0.5, 0.6) is 0 Å². The number of hydrogen-bond donors (Lipinski definition) is 1. The molecule has 0 saturated carbocycles. The quantitative estimate of drug-likeness (QED) is 0.661. The van der Waals surface area contributed by atoms with Gasteiger partial charge in [0.05, 0.1) is 5.56 Å². The van der Waals surface area contributed by atoms with E-state index in [1.807, 2.05) is 0 Å². The number of nitrogens with one attached hydrogen (secondary N) is 1. The van der Waals surface area contributed by atoms with Crippen molar-refractivity contribution in [1.29, 1.82) is 0 Å². The van der Waals surface area contributed by atoms with Gasteiger partial charge in [-0.15, -0.1) is 0 Å². The molecule has 1 fully saturated rings. The number of hydrogen-bond acceptors (Lipinski definition) is 2. The highest BCUT2D eigenvalue weighted by Crippen LogP contribution is 2.45. The first kappa shape index (κ1) is 14.5. The Labute approximate surface area is 115 Å². The monoisotopic (exact) mass is 339 g/mol. The number of carbonyl (C=O) groups is 1. The molecule has 2 nitrogen and oxygen atoms in total. The van der Waals surface area contributed by atoms with Gasteiger partial charge in [-0.3, -0.25) is 4.79 Å². The fraction of sp³-hybridized carbons (Fsp3) is 0.417. The lowest BCUT2D eigenvalue weighted by Crippen LogP contribution is -2.47. The topological polar surface area (TPSA) is 29.1 Å². The SMILES string of the molecule is O=C(c1cc(Br)ccc1F)C1(C(F)(F)F)CCNC1. The summed E-state index contributed by atoms with van der Waals surface area (Å²) < 4.78 is 53.5. The fourth-order valence-electron chi connectivity index (χ4n) is 2.19. The van der Waals surface area contributed by atoms with Crippen molar-refractivity contribution < 1.29 is 22.4 Å². The van der Waals surface area contributed by atoms with Crippen molar-refractivity contribution in [3.05, 3.63) is 34.1 Å². The second kappa shape index (κ2) is 4.86. The van der Waals surface area contributed by atoms with Crippen LogP contribution in [0.1, 0.15) is 16.8 Å². The van der Waals surface area contributed by atoms with Crippen LogP contribution in [0.4, 0.5) is 17.6 Å². The number of halogens is 5. The number of Topliss-reactive ketones (excluding diaryl/α,β-unsaturated/α-hetero) is 1. The van der Waals surface area contributed by atoms with Crippen LogP contribution in [0, 0.1) is 11.2 Å². The first-order valence-corrected chi connectivity index (χ1v) is 6.34. The Morgan fingerprint density at radius 1 is 1.37 bits per heavy atom. The summed E-state index contributed by atoms with van der Waals surface area (Å²) in [6.07, 6.45) is -5.08. The molecule has 7 heteroatoms. The molecule has 1 saturated heterocycles. The van der Waals surface area contributed by atoms with Gasteiger partial charge >= 0.3 is 6.18 Å². The smallest absolute Gasteiger partial charge is 0.315 e. The van der Waals surface area contributed by atoms with E-state index in [1.165, 1.54) is 6.07 Å². The number of rotatable bonds is 2. The van der Waals surface area contributed by atoms with Crippen LogP contribution in [0.3, 0.4) is 0 Å². The lowest BCUT2D eigenvalue weighted by atomic mass is 9.78. The average molecular weight is 340 g/mol. The van der Waals surface area contributed by atoms with Crippen LogP contribution in [-0.2, 0) is 0 Å². The van der Waals surface area contributed by atoms with Gasteiger partial charge in [-0.05, 0) is 31.2 Å². The van der Waals surface area contributed by atoms with E-state index in [0.29, 0.717) is 4.47 Å². The molecule has 0 amide bonds. The molecule has 1 aromatic carbocycles. The van der Waals surface area contributed by atoms with Crippen LogP contribution in [0.2, 0.25) is 0 Å². The zero-order valence-electron chi connectivity index (χ0n) is 9.65. The molecule has 0 radical (unpaired) electrons. The molecule has 0 spiro atoms. The minimum atomic E-state index is -4.71. The van der Waals surface area contributed by atoms with Gasteiger partial charge in [-0.2, -0.15) is 13.2 Å². The largest absolute Gasteiger partial charge is 0.402 e. The molecule has 1 aliphatic heterocycles. The van der Waals surface area contributed by atoms with E-state index in [4.69, 9.17) is 0 Å². The number of alkyl halides is 3. The Morgan fingerprint density at radius 3 is 2.58 bits per heavy atom. The van der Waals surface area contributed by atoms with Crippen LogP contribution in [0.15, 0.2) is 22.7 Å². The molecule has 0 aliphatic carbocycles. The van der Waals surface area contributed by atoms with Crippen LogP contribution >= 0.6 is 15.9 Å². The lowest BCUT2D eigenvalue weighted by Gasteiger charge is -2.29. The van der Waals surface area contributed by atoms with Crippen molar-refractivity contribution in [1.82, 2.24) is 5.32 Å². The molecule has 1 N–H and O–H groups in total. The molecule has 19 heavy (non-hydrogen) atoms. The van der Waals surface area contributed by atoms with E-state index in [1.54, 1.807) is 0 Å². The van der Waals surface area contributed by atoms with Gasteiger partial charge in [0.15, 0.2) is 5.78 Å². The average Bonchev–Trinajstić information content (AvgIpc) is 2.81. The molecule has 1 aromatic rings. The van der Waals surface area contributed by atoms with Crippen molar-refractivity contribution in [3.8, 4) is 0 Å². The minimum absolute atomic E-state index is 0.0842. The van der Waals surface area contributed by atoms with Crippen molar-refractivity contribution in [2.75, 3.05) is 13.1 Å². The van der Waals surface area contributed by atoms with Gasteiger partial charge in [-0.1, -0.05) is 15.9 Å². The van der Waals surface area contributed by atoms with Crippen molar-refractivity contribution in [2.45, 2.75) is 12.6 Å². The molecule has 1 unspecified atom stereocenters. The van der Waals surface area contributed by atoms with Crippen LogP contribution in [-0.4, -0.2) is 25.0 Å². The summed E-state index contributed by atoms with van der Waals surface area (Å²) in [5.74, 6) is -2.16. The highest BCUT2D eigenvalue weighted by atomic mass is 79.9. The van der Waals surface area contributed by atoms with Gasteiger partial charge in [-0.25, -0.2) is 4.39 Å². The van der Waals surface area contributed by atoms with Gasteiger partial charge in [0, 0.05) is 11.0 Å². The Balaban J connectivity index is 2.49. The number of benzene rings is 1. The van der Waals surface area contributed by atoms with Crippen molar-refractivity contribution in [3.63, 3.8) is 0 Å². The molecule has 104 valence electrons. The van der Waals surface area contributed by atoms with E-state index < -0.39 is 35.3 Å². The predicted octanol–water partition coefficient (Wildman–Crippen LogP) is 3.31. The minimum Gasteiger partial charge on any atom is -0.315 e. The standard InChI is InChI=1S/C12H10BrF4NO/c13-7-1-2-9(14)8(5-7)10(19)11(12(15,16)17)3-4-18-6-11/h1-2,5,18H,3-4,6H2. The predicted molar refractivity (Wildman–Crippen MR) is 64.4 cm³/mol.